The summed E-state index contributed by atoms with van der Waals surface area (Å²) in [4.78, 5) is 19.6. The number of benzene rings is 1. The lowest BCUT2D eigenvalue weighted by Crippen LogP contribution is -2.26. The number of halogens is 2. The molecule has 0 fully saturated rings. The van der Waals surface area contributed by atoms with Gasteiger partial charge in [-0.05, 0) is 43.5 Å². The van der Waals surface area contributed by atoms with Crippen molar-refractivity contribution in [2.24, 2.45) is 0 Å². The van der Waals surface area contributed by atoms with Crippen molar-refractivity contribution in [2.45, 2.75) is 52.8 Å². The third kappa shape index (κ3) is 4.81. The average molecular weight is 446 g/mol. The van der Waals surface area contributed by atoms with Crippen LogP contribution < -0.4 is 9.47 Å². The molecule has 2 aromatic heterocycles. The average Bonchev–Trinajstić information content (AvgIpc) is 3.16. The Balaban J connectivity index is 1.95. The number of hydrogen-bond acceptors (Lipinski definition) is 5. The van der Waals surface area contributed by atoms with Crippen LogP contribution in [-0.4, -0.2) is 46.3 Å². The van der Waals surface area contributed by atoms with Crippen molar-refractivity contribution in [3.8, 4) is 11.5 Å². The van der Waals surface area contributed by atoms with E-state index >= 15 is 0 Å². The Morgan fingerprint density at radius 1 is 1.16 bits per heavy atom. The molecule has 0 N–H and O–H groups in total. The highest BCUT2D eigenvalue weighted by atomic mass is 19.3. The van der Waals surface area contributed by atoms with Crippen LogP contribution in [0.2, 0.25) is 0 Å². The largest absolute Gasteiger partial charge is 0.493 e. The molecule has 32 heavy (non-hydrogen) atoms. The molecule has 2 heterocycles. The van der Waals surface area contributed by atoms with E-state index in [9.17, 15) is 13.6 Å². The quantitative estimate of drug-likeness (QED) is 0.486. The van der Waals surface area contributed by atoms with Crippen molar-refractivity contribution in [2.75, 3.05) is 14.2 Å². The van der Waals surface area contributed by atoms with Gasteiger partial charge in [0.1, 0.15) is 0 Å². The van der Waals surface area contributed by atoms with E-state index in [1.807, 2.05) is 27.7 Å². The number of pyridine rings is 1. The van der Waals surface area contributed by atoms with Crippen molar-refractivity contribution in [1.29, 1.82) is 0 Å². The maximum Gasteiger partial charge on any atom is 0.387 e. The SMILES string of the molecule is COc1ccc(CN(C)C(=O)c2cc(C(C)C)nc3c2cnn3C(C)C)cc1OC(F)F. The molecule has 0 spiro atoms. The first kappa shape index (κ1) is 23.4. The zero-order valence-electron chi connectivity index (χ0n) is 19.1. The highest BCUT2D eigenvalue weighted by Crippen LogP contribution is 2.30. The highest BCUT2D eigenvalue weighted by molar-refractivity contribution is 6.05. The molecular weight excluding hydrogens is 418 g/mol. The van der Waals surface area contributed by atoms with E-state index in [1.165, 1.54) is 18.1 Å². The lowest BCUT2D eigenvalue weighted by Gasteiger charge is -2.20. The summed E-state index contributed by atoms with van der Waals surface area (Å²) in [6.45, 7) is 5.27. The summed E-state index contributed by atoms with van der Waals surface area (Å²) in [5.74, 6) is 0.0335. The Morgan fingerprint density at radius 2 is 1.88 bits per heavy atom. The molecule has 172 valence electrons. The van der Waals surface area contributed by atoms with Crippen molar-refractivity contribution < 1.29 is 23.0 Å². The molecule has 9 heteroatoms. The predicted octanol–water partition coefficient (Wildman–Crippen LogP) is 5.02. The number of carbonyl (C=O) groups excluding carboxylic acids is 1. The van der Waals surface area contributed by atoms with Crippen LogP contribution in [0.4, 0.5) is 8.78 Å². The van der Waals surface area contributed by atoms with Gasteiger partial charge in [-0.25, -0.2) is 9.67 Å². The minimum atomic E-state index is -2.98. The van der Waals surface area contributed by atoms with Crippen LogP contribution in [-0.2, 0) is 6.54 Å². The number of hydrogen-bond donors (Lipinski definition) is 0. The minimum Gasteiger partial charge on any atom is -0.493 e. The van der Waals surface area contributed by atoms with Crippen molar-refractivity contribution in [3.63, 3.8) is 0 Å². The molecule has 0 aliphatic rings. The van der Waals surface area contributed by atoms with Gasteiger partial charge in [0, 0.05) is 25.3 Å². The minimum absolute atomic E-state index is 0.0764. The Morgan fingerprint density at radius 3 is 2.47 bits per heavy atom. The number of rotatable bonds is 8. The van der Waals surface area contributed by atoms with Gasteiger partial charge in [0.15, 0.2) is 17.1 Å². The van der Waals surface area contributed by atoms with E-state index in [-0.39, 0.29) is 35.9 Å². The molecular formula is C23H28F2N4O3. The van der Waals surface area contributed by atoms with Crippen LogP contribution in [0.5, 0.6) is 11.5 Å². The summed E-state index contributed by atoms with van der Waals surface area (Å²) in [7, 11) is 3.04. The first-order chi connectivity index (χ1) is 15.1. The van der Waals surface area contributed by atoms with Crippen LogP contribution in [0.25, 0.3) is 11.0 Å². The normalized spacial score (nSPS) is 11.6. The summed E-state index contributed by atoms with van der Waals surface area (Å²) in [5, 5.41) is 5.10. The van der Waals surface area contributed by atoms with Crippen molar-refractivity contribution in [3.05, 3.63) is 47.3 Å². The van der Waals surface area contributed by atoms with Crippen LogP contribution >= 0.6 is 0 Å². The van der Waals surface area contributed by atoms with Crippen molar-refractivity contribution >= 4 is 16.9 Å². The molecule has 0 bridgehead atoms. The van der Waals surface area contributed by atoms with Gasteiger partial charge in [-0.3, -0.25) is 4.79 Å². The lowest BCUT2D eigenvalue weighted by atomic mass is 10.0. The Labute approximate surface area is 185 Å². The predicted molar refractivity (Wildman–Crippen MR) is 117 cm³/mol. The molecule has 3 aromatic rings. The van der Waals surface area contributed by atoms with E-state index in [0.29, 0.717) is 22.2 Å². The van der Waals surface area contributed by atoms with Crippen LogP contribution in [0, 0.1) is 0 Å². The topological polar surface area (TPSA) is 69.5 Å². The Hall–Kier alpha value is -3.23. The van der Waals surface area contributed by atoms with Gasteiger partial charge in [0.2, 0.25) is 0 Å². The van der Waals surface area contributed by atoms with E-state index in [4.69, 9.17) is 9.72 Å². The fourth-order valence-corrected chi connectivity index (χ4v) is 3.45. The van der Waals surface area contributed by atoms with Crippen LogP contribution in [0.3, 0.4) is 0 Å². The first-order valence-electron chi connectivity index (χ1n) is 10.4. The van der Waals surface area contributed by atoms with Crippen LogP contribution in [0.1, 0.15) is 61.3 Å². The maximum absolute atomic E-state index is 13.4. The van der Waals surface area contributed by atoms with Gasteiger partial charge in [0.25, 0.3) is 5.91 Å². The van der Waals surface area contributed by atoms with Gasteiger partial charge >= 0.3 is 6.61 Å². The van der Waals surface area contributed by atoms with Gasteiger partial charge in [-0.2, -0.15) is 13.9 Å². The Kier molecular flexibility index (Phi) is 6.96. The van der Waals surface area contributed by atoms with E-state index in [1.54, 1.807) is 36.1 Å². The molecule has 0 saturated carbocycles. The van der Waals surface area contributed by atoms with Crippen LogP contribution in [0.15, 0.2) is 30.5 Å². The number of fused-ring (bicyclic) bond motifs is 1. The number of aromatic nitrogens is 3. The first-order valence-corrected chi connectivity index (χ1v) is 10.4. The second-order valence-corrected chi connectivity index (χ2v) is 8.19. The number of ether oxygens (including phenoxy) is 2. The van der Waals surface area contributed by atoms with E-state index < -0.39 is 6.61 Å². The number of alkyl halides is 2. The molecule has 1 aromatic carbocycles. The number of amides is 1. The Bertz CT molecular complexity index is 1110. The second-order valence-electron chi connectivity index (χ2n) is 8.19. The smallest absolute Gasteiger partial charge is 0.387 e. The van der Waals surface area contributed by atoms with Gasteiger partial charge in [-0.15, -0.1) is 0 Å². The molecule has 0 atom stereocenters. The highest BCUT2D eigenvalue weighted by Gasteiger charge is 2.22. The van der Waals surface area contributed by atoms with Crippen molar-refractivity contribution in [1.82, 2.24) is 19.7 Å². The zero-order chi connectivity index (χ0) is 23.6. The summed E-state index contributed by atoms with van der Waals surface area (Å²) in [6, 6.07) is 6.60. The molecule has 0 saturated heterocycles. The third-order valence-corrected chi connectivity index (χ3v) is 5.11. The monoisotopic (exact) mass is 446 g/mol. The van der Waals surface area contributed by atoms with Gasteiger partial charge < -0.3 is 14.4 Å². The van der Waals surface area contributed by atoms with E-state index in [2.05, 4.69) is 9.84 Å². The molecule has 3 rings (SSSR count). The number of methoxy groups -OCH3 is 1. The molecule has 0 radical (unpaired) electrons. The maximum atomic E-state index is 13.4. The number of nitrogens with zero attached hydrogens (tertiary/aromatic N) is 4. The standard InChI is InChI=1S/C23H28F2N4O3/c1-13(2)18-10-16(17-11-26-29(14(3)4)21(17)27-18)22(30)28(5)12-15-7-8-19(31-6)20(9-15)32-23(24)25/h7-11,13-14,23H,12H2,1-6H3. The molecule has 0 unspecified atom stereocenters. The fourth-order valence-electron chi connectivity index (χ4n) is 3.45. The summed E-state index contributed by atoms with van der Waals surface area (Å²) in [5.41, 5.74) is 2.60. The lowest BCUT2D eigenvalue weighted by molar-refractivity contribution is -0.0512. The molecule has 1 amide bonds. The molecule has 7 nitrogen and oxygen atoms in total. The fraction of sp³-hybridized carbons (Fsp3) is 0.435. The number of carbonyl (C=O) groups is 1. The summed E-state index contributed by atoms with van der Waals surface area (Å²) >= 11 is 0. The molecule has 0 aliphatic carbocycles. The summed E-state index contributed by atoms with van der Waals surface area (Å²) < 4.78 is 36.9. The van der Waals surface area contributed by atoms with Gasteiger partial charge in [0.05, 0.1) is 24.3 Å². The zero-order valence-corrected chi connectivity index (χ0v) is 19.1. The third-order valence-electron chi connectivity index (χ3n) is 5.11. The molecule has 0 aliphatic heterocycles. The van der Waals surface area contributed by atoms with E-state index in [0.717, 1.165) is 5.69 Å². The summed E-state index contributed by atoms with van der Waals surface area (Å²) in [6.07, 6.45) is 1.66. The van der Waals surface area contributed by atoms with Gasteiger partial charge in [-0.1, -0.05) is 19.9 Å². The second kappa shape index (κ2) is 9.50.